The van der Waals surface area contributed by atoms with Crippen LogP contribution in [0.5, 0.6) is 5.75 Å². The van der Waals surface area contributed by atoms with Crippen LogP contribution in [0.25, 0.3) is 17.0 Å². The first-order valence-electron chi connectivity index (χ1n) is 16.7. The molecular formula is C36H41ClN6O3S2. The van der Waals surface area contributed by atoms with E-state index in [1.54, 1.807) is 28.1 Å². The van der Waals surface area contributed by atoms with Crippen molar-refractivity contribution >= 4 is 70.0 Å². The number of thioether (sulfide) groups is 2. The van der Waals surface area contributed by atoms with E-state index in [-0.39, 0.29) is 0 Å². The lowest BCUT2D eigenvalue weighted by molar-refractivity contribution is 0.0685. The molecule has 0 saturated carbocycles. The van der Waals surface area contributed by atoms with E-state index >= 15 is 0 Å². The fourth-order valence-electron chi connectivity index (χ4n) is 7.03. The Hall–Kier alpha value is -3.54. The molecule has 0 radical (unpaired) electrons. The molecule has 8 bridgehead atoms. The molecule has 2 aromatic heterocycles. The van der Waals surface area contributed by atoms with Crippen molar-refractivity contribution in [3.8, 4) is 5.75 Å². The van der Waals surface area contributed by atoms with Gasteiger partial charge in [-0.05, 0) is 80.9 Å². The molecule has 9 nitrogen and oxygen atoms in total. The van der Waals surface area contributed by atoms with Gasteiger partial charge in [-0.25, -0.2) is 4.79 Å². The molecule has 5 heterocycles. The maximum atomic E-state index is 12.7. The van der Waals surface area contributed by atoms with Crippen LogP contribution >= 0.6 is 35.1 Å². The number of aryl methyl sites for hydroxylation is 3. The van der Waals surface area contributed by atoms with Gasteiger partial charge in [0, 0.05) is 94.2 Å². The third-order valence-corrected chi connectivity index (χ3v) is 11.6. The molecule has 1 fully saturated rings. The number of aromatic nitrogens is 3. The zero-order chi connectivity index (χ0) is 33.2. The molecule has 252 valence electrons. The van der Waals surface area contributed by atoms with Crippen LogP contribution in [0.2, 0.25) is 5.02 Å². The van der Waals surface area contributed by atoms with Gasteiger partial charge in [0.2, 0.25) is 0 Å². The first-order chi connectivity index (χ1) is 23.4. The van der Waals surface area contributed by atoms with Crippen molar-refractivity contribution in [2.24, 2.45) is 19.2 Å². The number of piperidine rings is 1. The minimum absolute atomic E-state index is 0.297. The summed E-state index contributed by atoms with van der Waals surface area (Å²) in [6.07, 6.45) is 10.4. The van der Waals surface area contributed by atoms with Gasteiger partial charge >= 0.3 is 5.97 Å². The Balaban J connectivity index is 1.26. The fourth-order valence-corrected chi connectivity index (χ4v) is 8.85. The Bertz CT molecular complexity index is 1920. The normalized spacial score (nSPS) is 19.3. The van der Waals surface area contributed by atoms with Gasteiger partial charge in [0.25, 0.3) is 0 Å². The highest BCUT2D eigenvalue weighted by Crippen LogP contribution is 2.39. The minimum Gasteiger partial charge on any atom is -0.493 e. The first-order valence-corrected chi connectivity index (χ1v) is 19.2. The summed E-state index contributed by atoms with van der Waals surface area (Å²) in [6.45, 7) is 2.27. The SMILES string of the molecule is Cn1nc2cc1CSc1cc3c(c(c1)OCCCc1c(C(=O)O)n(C)c4c(c(Cl)ccc14)/C=C1\CCCCN1/N=C/CSC2)CCCN3. The van der Waals surface area contributed by atoms with E-state index in [1.807, 2.05) is 37.1 Å². The molecule has 3 aliphatic rings. The molecule has 0 amide bonds. The summed E-state index contributed by atoms with van der Waals surface area (Å²) in [5.74, 6) is 2.36. The Labute approximate surface area is 294 Å². The average molecular weight is 705 g/mol. The number of hydrazone groups is 1. The average Bonchev–Trinajstić information content (AvgIpc) is 3.58. The maximum absolute atomic E-state index is 12.7. The molecule has 12 heteroatoms. The number of aromatic carboxylic acids is 1. The van der Waals surface area contributed by atoms with Gasteiger partial charge in [-0.2, -0.15) is 10.2 Å². The largest absolute Gasteiger partial charge is 0.493 e. The summed E-state index contributed by atoms with van der Waals surface area (Å²) in [4.78, 5) is 13.8. The van der Waals surface area contributed by atoms with Gasteiger partial charge < -0.3 is 19.7 Å². The number of halogens is 1. The van der Waals surface area contributed by atoms with Crippen LogP contribution in [-0.2, 0) is 38.4 Å². The number of hydrogen-bond acceptors (Lipinski definition) is 8. The van der Waals surface area contributed by atoms with E-state index in [0.717, 1.165) is 112 Å². The fraction of sp³-hybridized carbons (Fsp3) is 0.417. The second-order valence-electron chi connectivity index (χ2n) is 12.5. The molecule has 2 aromatic carbocycles. The van der Waals surface area contributed by atoms with Gasteiger partial charge in [0.1, 0.15) is 11.4 Å². The zero-order valence-corrected chi connectivity index (χ0v) is 29.8. The summed E-state index contributed by atoms with van der Waals surface area (Å²) in [6, 6.07) is 10.5. The number of benzene rings is 2. The first kappa shape index (κ1) is 33.0. The topological polar surface area (TPSA) is 96.9 Å². The number of hydrogen-bond donors (Lipinski definition) is 2. The number of allylic oxidation sites excluding steroid dienone is 1. The lowest BCUT2D eigenvalue weighted by Gasteiger charge is -2.27. The quantitative estimate of drug-likeness (QED) is 0.206. The Morgan fingerprint density at radius 3 is 2.79 bits per heavy atom. The predicted octanol–water partition coefficient (Wildman–Crippen LogP) is 7.98. The van der Waals surface area contributed by atoms with Crippen LogP contribution in [0.15, 0.2) is 46.0 Å². The summed E-state index contributed by atoms with van der Waals surface area (Å²) in [5.41, 5.74) is 8.48. The maximum Gasteiger partial charge on any atom is 0.352 e. The molecule has 0 spiro atoms. The van der Waals surface area contributed by atoms with Gasteiger partial charge in [0.05, 0.1) is 17.8 Å². The molecule has 0 unspecified atom stereocenters. The third kappa shape index (κ3) is 6.82. The van der Waals surface area contributed by atoms with Crippen LogP contribution in [0.3, 0.4) is 0 Å². The molecule has 7 rings (SSSR count). The summed E-state index contributed by atoms with van der Waals surface area (Å²) in [5, 5.41) is 27.2. The van der Waals surface area contributed by atoms with Gasteiger partial charge in [-0.15, -0.1) is 23.5 Å². The smallest absolute Gasteiger partial charge is 0.352 e. The number of rotatable bonds is 1. The number of fused-ring (bicyclic) bond motifs is 7. The van der Waals surface area contributed by atoms with Gasteiger partial charge in [-0.3, -0.25) is 9.69 Å². The van der Waals surface area contributed by atoms with Crippen LogP contribution in [0, 0.1) is 0 Å². The predicted molar refractivity (Wildman–Crippen MR) is 198 cm³/mol. The molecule has 0 aliphatic carbocycles. The van der Waals surface area contributed by atoms with Crippen LogP contribution in [-0.4, -0.2) is 62.1 Å². The lowest BCUT2D eigenvalue weighted by Crippen LogP contribution is -2.23. The third-order valence-electron chi connectivity index (χ3n) is 9.35. The second kappa shape index (κ2) is 14.5. The van der Waals surface area contributed by atoms with Crippen molar-refractivity contribution in [3.63, 3.8) is 0 Å². The number of nitrogens with zero attached hydrogens (tertiary/aromatic N) is 5. The number of carbonyl (C=O) groups is 1. The van der Waals surface area contributed by atoms with E-state index < -0.39 is 5.97 Å². The highest BCUT2D eigenvalue weighted by molar-refractivity contribution is 7.99. The van der Waals surface area contributed by atoms with E-state index in [1.165, 1.54) is 11.3 Å². The highest BCUT2D eigenvalue weighted by Gasteiger charge is 2.24. The Kier molecular flexibility index (Phi) is 9.98. The summed E-state index contributed by atoms with van der Waals surface area (Å²) >= 11 is 10.5. The molecule has 0 atom stereocenters. The van der Waals surface area contributed by atoms with Crippen LogP contribution in [0.4, 0.5) is 5.69 Å². The zero-order valence-electron chi connectivity index (χ0n) is 27.4. The molecule has 4 aromatic rings. The van der Waals surface area contributed by atoms with E-state index in [9.17, 15) is 9.90 Å². The van der Waals surface area contributed by atoms with Gasteiger partial charge in [0.15, 0.2) is 0 Å². The van der Waals surface area contributed by atoms with Gasteiger partial charge in [-0.1, -0.05) is 17.7 Å². The van der Waals surface area contributed by atoms with Crippen molar-refractivity contribution < 1.29 is 14.6 Å². The Morgan fingerprint density at radius 2 is 1.92 bits per heavy atom. The summed E-state index contributed by atoms with van der Waals surface area (Å²) in [7, 11) is 3.85. The van der Waals surface area contributed by atoms with Crippen molar-refractivity contribution in [3.05, 3.63) is 74.8 Å². The number of ether oxygens (including phenoxy) is 1. The van der Waals surface area contributed by atoms with Crippen LogP contribution < -0.4 is 10.1 Å². The number of carboxylic acids is 1. The lowest BCUT2D eigenvalue weighted by atomic mass is 10.0. The van der Waals surface area contributed by atoms with Crippen LogP contribution in [0.1, 0.15) is 70.7 Å². The van der Waals surface area contributed by atoms with E-state index in [2.05, 4.69) is 34.6 Å². The number of carboxylic acid groups (broad SMARTS) is 1. The standard InChI is InChI=1S/C36H41ClN6O3S2/c1-41-34-28-10-11-31(37)30(34)18-24-7-3-4-14-43(24)39-13-16-47-21-23-17-25(42(2)40-23)22-48-26-19-32-29(8-5-12-38-32)33(20-26)46-15-6-9-27(28)35(41)36(44)45/h10-11,13,17-20,38H,3-9,12,14-16,21-22H2,1-2H3,(H,44,45)/b24-18+,39-13+. The monoisotopic (exact) mass is 704 g/mol. The highest BCUT2D eigenvalue weighted by atomic mass is 35.5. The molecular weight excluding hydrogens is 664 g/mol. The molecule has 48 heavy (non-hydrogen) atoms. The van der Waals surface area contributed by atoms with E-state index in [0.29, 0.717) is 30.2 Å². The summed E-state index contributed by atoms with van der Waals surface area (Å²) < 4.78 is 10.3. The van der Waals surface area contributed by atoms with Crippen molar-refractivity contribution in [1.82, 2.24) is 19.4 Å². The van der Waals surface area contributed by atoms with Crippen molar-refractivity contribution in [2.45, 2.75) is 61.3 Å². The Morgan fingerprint density at radius 1 is 1.04 bits per heavy atom. The van der Waals surface area contributed by atoms with Crippen molar-refractivity contribution in [2.75, 3.05) is 30.8 Å². The number of nitrogens with one attached hydrogen (secondary N) is 1. The van der Waals surface area contributed by atoms with E-state index in [4.69, 9.17) is 26.5 Å². The molecule has 3 aliphatic heterocycles. The second-order valence-corrected chi connectivity index (χ2v) is 15.0. The minimum atomic E-state index is -0.941. The molecule has 1 saturated heterocycles. The number of anilines is 1. The van der Waals surface area contributed by atoms with Crippen molar-refractivity contribution in [1.29, 1.82) is 0 Å². The molecule has 2 N–H and O–H groups in total.